The van der Waals surface area contributed by atoms with Gasteiger partial charge in [-0.05, 0) is 6.92 Å². The number of nitro groups is 1. The van der Waals surface area contributed by atoms with Crippen LogP contribution in [0, 0.1) is 10.1 Å². The van der Waals surface area contributed by atoms with Gasteiger partial charge in [0.1, 0.15) is 0 Å². The van der Waals surface area contributed by atoms with Gasteiger partial charge < -0.3 is 9.47 Å². The lowest BCUT2D eigenvalue weighted by molar-refractivity contribution is -0.564. The molecule has 0 rings (SSSR count). The van der Waals surface area contributed by atoms with Crippen molar-refractivity contribution in [2.75, 3.05) is 6.61 Å². The lowest BCUT2D eigenvalue weighted by atomic mass is 10.6. The highest BCUT2D eigenvalue weighted by Crippen LogP contribution is 1.92. The molecule has 0 aliphatic rings. The predicted octanol–water partition coefficient (Wildman–Crippen LogP) is 0.702. The number of hydrogen-bond acceptors (Lipinski definition) is 5. The summed E-state index contributed by atoms with van der Waals surface area (Å²) >= 11 is 0. The lowest BCUT2D eigenvalue weighted by Gasteiger charge is -2.01. The molecule has 0 aliphatic carbocycles. The van der Waals surface area contributed by atoms with Crippen LogP contribution in [-0.4, -0.2) is 23.7 Å². The molecule has 0 aliphatic heterocycles. The number of esters is 1. The summed E-state index contributed by atoms with van der Waals surface area (Å²) in [6, 6.07) is 0. The van der Waals surface area contributed by atoms with Crippen molar-refractivity contribution < 1.29 is 19.2 Å². The second-order valence-electron chi connectivity index (χ2n) is 2.08. The molecule has 0 amide bonds. The van der Waals surface area contributed by atoms with Crippen molar-refractivity contribution in [3.05, 3.63) is 22.5 Å². The Kier molecular flexibility index (Phi) is 5.25. The number of rotatable bonds is 5. The van der Waals surface area contributed by atoms with Crippen LogP contribution >= 0.6 is 0 Å². The van der Waals surface area contributed by atoms with E-state index in [1.54, 1.807) is 6.92 Å². The van der Waals surface area contributed by atoms with Crippen LogP contribution in [0.25, 0.3) is 0 Å². The Balaban J connectivity index is 3.74. The molecule has 0 saturated heterocycles. The third kappa shape index (κ3) is 5.66. The highest BCUT2D eigenvalue weighted by Gasteiger charge is 2.10. The summed E-state index contributed by atoms with van der Waals surface area (Å²) in [5, 5.41) is 10.0. The van der Waals surface area contributed by atoms with Crippen LogP contribution in [-0.2, 0) is 14.3 Å². The Labute approximate surface area is 75.3 Å². The normalized spacial score (nSPS) is 12.5. The summed E-state index contributed by atoms with van der Waals surface area (Å²) in [5.41, 5.74) is 0. The largest absolute Gasteiger partial charge is 0.463 e. The minimum Gasteiger partial charge on any atom is -0.463 e. The van der Waals surface area contributed by atoms with E-state index in [0.29, 0.717) is 0 Å². The molecule has 0 N–H and O–H groups in total. The molecule has 0 bridgehead atoms. The first-order valence-corrected chi connectivity index (χ1v) is 3.70. The Bertz CT molecular complexity index is 213. The average Bonchev–Trinajstić information content (AvgIpc) is 2.04. The van der Waals surface area contributed by atoms with Gasteiger partial charge >= 0.3 is 12.2 Å². The number of hydrogen-bond donors (Lipinski definition) is 0. The van der Waals surface area contributed by atoms with E-state index < -0.39 is 17.1 Å². The van der Waals surface area contributed by atoms with Crippen molar-refractivity contribution in [3.63, 3.8) is 0 Å². The minimum atomic E-state index is -1.16. The zero-order valence-corrected chi connectivity index (χ0v) is 7.43. The van der Waals surface area contributed by atoms with Gasteiger partial charge in [0.15, 0.2) is 0 Å². The van der Waals surface area contributed by atoms with E-state index in [-0.39, 0.29) is 6.61 Å². The van der Waals surface area contributed by atoms with Gasteiger partial charge in [0.25, 0.3) is 0 Å². The summed E-state index contributed by atoms with van der Waals surface area (Å²) in [5.74, 6) is -0.585. The van der Waals surface area contributed by atoms with Gasteiger partial charge in [-0.2, -0.15) is 0 Å². The second-order valence-corrected chi connectivity index (χ2v) is 2.08. The average molecular weight is 189 g/mol. The molecule has 6 nitrogen and oxygen atoms in total. The van der Waals surface area contributed by atoms with Crippen molar-refractivity contribution >= 4 is 5.97 Å². The molecule has 74 valence electrons. The zero-order chi connectivity index (χ0) is 10.3. The van der Waals surface area contributed by atoms with Crippen molar-refractivity contribution in [1.29, 1.82) is 0 Å². The molecular formula is C7H11NO5. The Hall–Kier alpha value is -1.59. The molecule has 0 spiro atoms. The van der Waals surface area contributed by atoms with Crippen LogP contribution < -0.4 is 0 Å². The van der Waals surface area contributed by atoms with E-state index in [9.17, 15) is 14.9 Å². The first-order chi connectivity index (χ1) is 6.07. The van der Waals surface area contributed by atoms with Crippen LogP contribution in [0.3, 0.4) is 0 Å². The maximum Gasteiger partial charge on any atom is 0.350 e. The highest BCUT2D eigenvalue weighted by molar-refractivity contribution is 5.81. The summed E-state index contributed by atoms with van der Waals surface area (Å²) in [6.07, 6.45) is 0.778. The molecule has 0 aromatic rings. The van der Waals surface area contributed by atoms with Crippen LogP contribution in [0.4, 0.5) is 0 Å². The fourth-order valence-electron chi connectivity index (χ4n) is 0.449. The summed E-state index contributed by atoms with van der Waals surface area (Å²) in [4.78, 5) is 20.1. The molecule has 0 fully saturated rings. The third-order valence-corrected chi connectivity index (χ3v) is 1.06. The fraction of sp³-hybridized carbons (Fsp3) is 0.571. The minimum absolute atomic E-state index is 0.258. The number of nitrogens with zero attached hydrogens (tertiary/aromatic N) is 1. The van der Waals surface area contributed by atoms with Crippen molar-refractivity contribution in [2.45, 2.75) is 20.1 Å². The number of ether oxygens (including phenoxy) is 2. The van der Waals surface area contributed by atoms with Gasteiger partial charge in [-0.15, -0.1) is 0 Å². The molecule has 0 aromatic heterocycles. The van der Waals surface area contributed by atoms with Crippen molar-refractivity contribution in [1.82, 2.24) is 0 Å². The zero-order valence-electron chi connectivity index (χ0n) is 7.43. The molecule has 0 radical (unpaired) electrons. The van der Waals surface area contributed by atoms with Crippen molar-refractivity contribution in [2.24, 2.45) is 0 Å². The molecule has 0 saturated carbocycles. The molecule has 13 heavy (non-hydrogen) atoms. The summed E-state index contributed by atoms with van der Waals surface area (Å²) < 4.78 is 9.05. The molecule has 1 unspecified atom stereocenters. The molecule has 1 atom stereocenters. The number of carbonyl (C=O) groups excluding carboxylic acids is 1. The second kappa shape index (κ2) is 5.99. The van der Waals surface area contributed by atoms with Crippen LogP contribution in [0.5, 0.6) is 0 Å². The van der Waals surface area contributed by atoms with E-state index in [0.717, 1.165) is 12.3 Å². The van der Waals surface area contributed by atoms with Gasteiger partial charge in [0.05, 0.1) is 23.9 Å². The molecule has 0 heterocycles. The van der Waals surface area contributed by atoms with Gasteiger partial charge in [-0.3, -0.25) is 10.1 Å². The Morgan fingerprint density at radius 1 is 1.69 bits per heavy atom. The van der Waals surface area contributed by atoms with Gasteiger partial charge in [-0.25, -0.2) is 4.79 Å². The van der Waals surface area contributed by atoms with E-state index in [1.807, 2.05) is 0 Å². The molecular weight excluding hydrogens is 178 g/mol. The Morgan fingerprint density at radius 2 is 2.31 bits per heavy atom. The SMILES string of the molecule is CCOC(=O)C=COC(C)[N+](=O)[O-]. The van der Waals surface area contributed by atoms with E-state index in [2.05, 4.69) is 9.47 Å². The van der Waals surface area contributed by atoms with Crippen LogP contribution in [0.2, 0.25) is 0 Å². The number of carbonyl (C=O) groups is 1. The van der Waals surface area contributed by atoms with Gasteiger partial charge in [0.2, 0.25) is 0 Å². The Morgan fingerprint density at radius 3 is 2.77 bits per heavy atom. The fourth-order valence-corrected chi connectivity index (χ4v) is 0.449. The molecule has 6 heteroatoms. The summed E-state index contributed by atoms with van der Waals surface area (Å²) in [7, 11) is 0. The molecule has 0 aromatic carbocycles. The van der Waals surface area contributed by atoms with Crippen LogP contribution in [0.15, 0.2) is 12.3 Å². The predicted molar refractivity (Wildman–Crippen MR) is 43.3 cm³/mol. The topological polar surface area (TPSA) is 78.7 Å². The maximum atomic E-state index is 10.6. The smallest absolute Gasteiger partial charge is 0.350 e. The van der Waals surface area contributed by atoms with Gasteiger partial charge in [-0.1, -0.05) is 0 Å². The first kappa shape index (κ1) is 11.4. The van der Waals surface area contributed by atoms with Crippen molar-refractivity contribution in [3.8, 4) is 0 Å². The maximum absolute atomic E-state index is 10.6. The first-order valence-electron chi connectivity index (χ1n) is 3.70. The lowest BCUT2D eigenvalue weighted by Crippen LogP contribution is -2.16. The quantitative estimate of drug-likeness (QED) is 0.159. The van der Waals surface area contributed by atoms with E-state index in [1.165, 1.54) is 6.92 Å². The monoisotopic (exact) mass is 189 g/mol. The standard InChI is InChI=1S/C7H11NO5/c1-3-12-7(9)4-5-13-6(2)8(10)11/h4-6H,3H2,1-2H3. The summed E-state index contributed by atoms with van der Waals surface area (Å²) in [6.45, 7) is 3.18. The van der Waals surface area contributed by atoms with Crippen LogP contribution in [0.1, 0.15) is 13.8 Å². The van der Waals surface area contributed by atoms with E-state index >= 15 is 0 Å². The van der Waals surface area contributed by atoms with Gasteiger partial charge in [0, 0.05) is 6.92 Å². The highest BCUT2D eigenvalue weighted by atomic mass is 16.7. The van der Waals surface area contributed by atoms with E-state index in [4.69, 9.17) is 0 Å². The third-order valence-electron chi connectivity index (χ3n) is 1.06.